The number of nitrogens with zero attached hydrogens (tertiary/aromatic N) is 2. The van der Waals surface area contributed by atoms with Crippen LogP contribution in [0.15, 0.2) is 28.7 Å². The van der Waals surface area contributed by atoms with Gasteiger partial charge >= 0.3 is 0 Å². The highest BCUT2D eigenvalue weighted by Gasteiger charge is 2.40. The van der Waals surface area contributed by atoms with Crippen molar-refractivity contribution in [1.82, 2.24) is 9.80 Å². The van der Waals surface area contributed by atoms with Gasteiger partial charge in [0, 0.05) is 23.1 Å². The number of amides is 1. The summed E-state index contributed by atoms with van der Waals surface area (Å²) in [7, 11) is 1.89. The van der Waals surface area contributed by atoms with E-state index in [1.54, 1.807) is 0 Å². The SMILES string of the molecule is CN(C(=O)c1ccc(Br)cc1)C1CCCC(O)C1N1CCCC1. The van der Waals surface area contributed by atoms with E-state index in [-0.39, 0.29) is 24.1 Å². The summed E-state index contributed by atoms with van der Waals surface area (Å²) in [5, 5.41) is 10.6. The molecule has 3 atom stereocenters. The van der Waals surface area contributed by atoms with E-state index in [0.717, 1.165) is 36.8 Å². The normalized spacial score (nSPS) is 28.7. The molecule has 1 aromatic rings. The smallest absolute Gasteiger partial charge is 0.253 e. The quantitative estimate of drug-likeness (QED) is 0.876. The van der Waals surface area contributed by atoms with Gasteiger partial charge in [-0.3, -0.25) is 9.69 Å². The third kappa shape index (κ3) is 3.62. The number of aliphatic hydroxyl groups excluding tert-OH is 1. The van der Waals surface area contributed by atoms with E-state index in [9.17, 15) is 9.90 Å². The van der Waals surface area contributed by atoms with Crippen molar-refractivity contribution in [3.63, 3.8) is 0 Å². The Kier molecular flexibility index (Phi) is 5.39. The summed E-state index contributed by atoms with van der Waals surface area (Å²) in [5.41, 5.74) is 0.705. The fraction of sp³-hybridized carbons (Fsp3) is 0.611. The molecule has 1 saturated heterocycles. The van der Waals surface area contributed by atoms with Crippen LogP contribution in [0.25, 0.3) is 0 Å². The molecule has 0 spiro atoms. The molecule has 5 heteroatoms. The molecule has 23 heavy (non-hydrogen) atoms. The highest BCUT2D eigenvalue weighted by Crippen LogP contribution is 2.30. The van der Waals surface area contributed by atoms with Gasteiger partial charge in [-0.15, -0.1) is 0 Å². The van der Waals surface area contributed by atoms with E-state index in [1.807, 2.05) is 36.2 Å². The standard InChI is InChI=1S/C18H25BrN2O2/c1-20(18(23)13-7-9-14(19)10-8-13)15-5-4-6-16(22)17(15)21-11-2-3-12-21/h7-10,15-17,22H,2-6,11-12H2,1H3. The highest BCUT2D eigenvalue weighted by atomic mass is 79.9. The molecule has 2 aliphatic rings. The Hall–Kier alpha value is -0.910. The zero-order valence-corrected chi connectivity index (χ0v) is 15.2. The third-order valence-corrected chi connectivity index (χ3v) is 5.79. The number of likely N-dealkylation sites (N-methyl/N-ethyl adjacent to an activating group) is 1. The van der Waals surface area contributed by atoms with Gasteiger partial charge in [0.05, 0.1) is 12.1 Å². The third-order valence-electron chi connectivity index (χ3n) is 5.26. The lowest BCUT2D eigenvalue weighted by molar-refractivity contribution is -0.0167. The summed E-state index contributed by atoms with van der Waals surface area (Å²) in [4.78, 5) is 17.1. The molecule has 1 N–H and O–H groups in total. The summed E-state index contributed by atoms with van der Waals surface area (Å²) in [6.45, 7) is 2.08. The van der Waals surface area contributed by atoms with Gasteiger partial charge in [0.1, 0.15) is 0 Å². The highest BCUT2D eigenvalue weighted by molar-refractivity contribution is 9.10. The predicted octanol–water partition coefficient (Wildman–Crippen LogP) is 2.90. The number of likely N-dealkylation sites (tertiary alicyclic amines) is 1. The van der Waals surface area contributed by atoms with E-state index in [1.165, 1.54) is 12.8 Å². The first kappa shape index (κ1) is 16.9. The Labute approximate surface area is 146 Å². The minimum absolute atomic E-state index is 0.0424. The summed E-state index contributed by atoms with van der Waals surface area (Å²) in [6.07, 6.45) is 4.86. The minimum atomic E-state index is -0.327. The number of halogens is 1. The monoisotopic (exact) mass is 380 g/mol. The van der Waals surface area contributed by atoms with E-state index in [0.29, 0.717) is 5.56 Å². The molecule has 2 fully saturated rings. The van der Waals surface area contributed by atoms with Crippen LogP contribution in [0.5, 0.6) is 0 Å². The lowest BCUT2D eigenvalue weighted by Gasteiger charge is -2.45. The number of benzene rings is 1. The predicted molar refractivity (Wildman–Crippen MR) is 94.5 cm³/mol. The van der Waals surface area contributed by atoms with Crippen molar-refractivity contribution in [2.45, 2.75) is 50.3 Å². The van der Waals surface area contributed by atoms with Crippen LogP contribution in [0, 0.1) is 0 Å². The van der Waals surface area contributed by atoms with E-state index >= 15 is 0 Å². The molecule has 1 amide bonds. The summed E-state index contributed by atoms with van der Waals surface area (Å²) >= 11 is 3.41. The van der Waals surface area contributed by atoms with Crippen LogP contribution in [-0.2, 0) is 0 Å². The van der Waals surface area contributed by atoms with Crippen LogP contribution in [0.4, 0.5) is 0 Å². The molecular formula is C18H25BrN2O2. The molecule has 126 valence electrons. The van der Waals surface area contributed by atoms with E-state index < -0.39 is 0 Å². The minimum Gasteiger partial charge on any atom is -0.391 e. The molecule has 1 heterocycles. The van der Waals surface area contributed by atoms with Crippen molar-refractivity contribution in [2.24, 2.45) is 0 Å². The largest absolute Gasteiger partial charge is 0.391 e. The number of rotatable bonds is 3. The van der Waals surface area contributed by atoms with Crippen molar-refractivity contribution >= 4 is 21.8 Å². The molecule has 1 aromatic carbocycles. The Morgan fingerprint density at radius 3 is 2.48 bits per heavy atom. The Morgan fingerprint density at radius 2 is 1.83 bits per heavy atom. The molecule has 0 bridgehead atoms. The number of carbonyl (C=O) groups excluding carboxylic acids is 1. The average Bonchev–Trinajstić information content (AvgIpc) is 3.08. The Balaban J connectivity index is 1.78. The zero-order valence-electron chi connectivity index (χ0n) is 13.6. The lowest BCUT2D eigenvalue weighted by atomic mass is 9.85. The molecular weight excluding hydrogens is 356 g/mol. The van der Waals surface area contributed by atoms with Gasteiger partial charge in [0.15, 0.2) is 0 Å². The topological polar surface area (TPSA) is 43.8 Å². The molecule has 4 nitrogen and oxygen atoms in total. The zero-order chi connectivity index (χ0) is 16.4. The molecule has 1 saturated carbocycles. The van der Waals surface area contributed by atoms with Crippen LogP contribution in [0.3, 0.4) is 0 Å². The number of hydrogen-bond donors (Lipinski definition) is 1. The second kappa shape index (κ2) is 7.32. The van der Waals surface area contributed by atoms with Gasteiger partial charge in [0.2, 0.25) is 0 Å². The number of aliphatic hydroxyl groups is 1. The second-order valence-electron chi connectivity index (χ2n) is 6.72. The van der Waals surface area contributed by atoms with Crippen LogP contribution >= 0.6 is 15.9 Å². The van der Waals surface area contributed by atoms with Gasteiger partial charge in [-0.1, -0.05) is 15.9 Å². The van der Waals surface area contributed by atoms with Crippen molar-refractivity contribution in [3.05, 3.63) is 34.3 Å². The summed E-state index contributed by atoms with van der Waals surface area (Å²) < 4.78 is 0.972. The summed E-state index contributed by atoms with van der Waals surface area (Å²) in [6, 6.07) is 7.67. The maximum absolute atomic E-state index is 12.8. The molecule has 1 aliphatic heterocycles. The van der Waals surface area contributed by atoms with Gasteiger partial charge in [-0.25, -0.2) is 0 Å². The Morgan fingerprint density at radius 1 is 1.17 bits per heavy atom. The van der Waals surface area contributed by atoms with Crippen LogP contribution in [0.1, 0.15) is 42.5 Å². The first-order valence-corrected chi connectivity index (χ1v) is 9.32. The maximum Gasteiger partial charge on any atom is 0.253 e. The van der Waals surface area contributed by atoms with E-state index in [4.69, 9.17) is 0 Å². The van der Waals surface area contributed by atoms with Crippen molar-refractivity contribution < 1.29 is 9.90 Å². The van der Waals surface area contributed by atoms with Gasteiger partial charge in [0.25, 0.3) is 5.91 Å². The fourth-order valence-electron chi connectivity index (χ4n) is 4.03. The lowest BCUT2D eigenvalue weighted by Crippen LogP contribution is -2.58. The van der Waals surface area contributed by atoms with Gasteiger partial charge < -0.3 is 10.0 Å². The van der Waals surface area contributed by atoms with Gasteiger partial charge in [-0.2, -0.15) is 0 Å². The molecule has 3 unspecified atom stereocenters. The summed E-state index contributed by atoms with van der Waals surface area (Å²) in [5.74, 6) is 0.0424. The molecule has 0 radical (unpaired) electrons. The number of hydrogen-bond acceptors (Lipinski definition) is 3. The van der Waals surface area contributed by atoms with E-state index in [2.05, 4.69) is 20.8 Å². The average molecular weight is 381 g/mol. The molecule has 1 aliphatic carbocycles. The van der Waals surface area contributed by atoms with Crippen LogP contribution in [0.2, 0.25) is 0 Å². The Bertz CT molecular complexity index is 542. The van der Waals surface area contributed by atoms with Crippen LogP contribution in [-0.4, -0.2) is 59.1 Å². The maximum atomic E-state index is 12.8. The first-order chi connectivity index (χ1) is 11.1. The number of carbonyl (C=O) groups is 1. The first-order valence-electron chi connectivity index (χ1n) is 8.53. The van der Waals surface area contributed by atoms with Gasteiger partial charge in [-0.05, 0) is 69.5 Å². The molecule has 0 aromatic heterocycles. The van der Waals surface area contributed by atoms with Crippen molar-refractivity contribution in [2.75, 3.05) is 20.1 Å². The molecule has 3 rings (SSSR count). The second-order valence-corrected chi connectivity index (χ2v) is 7.64. The van der Waals surface area contributed by atoms with Crippen molar-refractivity contribution in [1.29, 1.82) is 0 Å². The van der Waals surface area contributed by atoms with Crippen molar-refractivity contribution in [3.8, 4) is 0 Å². The fourth-order valence-corrected chi connectivity index (χ4v) is 4.29. The van der Waals surface area contributed by atoms with Crippen LogP contribution < -0.4 is 0 Å².